The zero-order valence-corrected chi connectivity index (χ0v) is 16.4. The number of carbonyl (C=O) groups excluding carboxylic acids is 1. The lowest BCUT2D eigenvalue weighted by Crippen LogP contribution is -2.53. The molecule has 1 heterocycles. The molecule has 0 spiro atoms. The van der Waals surface area contributed by atoms with Crippen LogP contribution in [0.2, 0.25) is 5.02 Å². The highest BCUT2D eigenvalue weighted by Gasteiger charge is 2.25. The molecule has 0 bridgehead atoms. The fourth-order valence-corrected chi connectivity index (χ4v) is 3.35. The number of hydrogen-bond acceptors (Lipinski definition) is 4. The summed E-state index contributed by atoms with van der Waals surface area (Å²) in [4.78, 5) is 17.1. The summed E-state index contributed by atoms with van der Waals surface area (Å²) in [6.45, 7) is 7.14. The Morgan fingerprint density at radius 2 is 1.85 bits per heavy atom. The van der Waals surface area contributed by atoms with Gasteiger partial charge in [0.05, 0.1) is 6.04 Å². The Bertz CT molecular complexity index is 733. The van der Waals surface area contributed by atoms with Crippen LogP contribution in [0.15, 0.2) is 54.6 Å². The summed E-state index contributed by atoms with van der Waals surface area (Å²) in [6.07, 6.45) is 0. The molecule has 1 aliphatic heterocycles. The van der Waals surface area contributed by atoms with E-state index in [1.54, 1.807) is 12.1 Å². The highest BCUT2D eigenvalue weighted by atomic mass is 35.5. The van der Waals surface area contributed by atoms with E-state index in [1.807, 2.05) is 49.4 Å². The summed E-state index contributed by atoms with van der Waals surface area (Å²) in [5.74, 6) is 0.903. The van der Waals surface area contributed by atoms with Gasteiger partial charge in [0.1, 0.15) is 12.4 Å². The van der Waals surface area contributed by atoms with Crippen LogP contribution in [0.5, 0.6) is 5.75 Å². The largest absolute Gasteiger partial charge is 0.492 e. The SMILES string of the molecule is C[C@@H](C(=O)Nc1cccc(Cl)c1)N1CCN(CCOc2ccccc2)CC1. The molecule has 5 nitrogen and oxygen atoms in total. The maximum absolute atomic E-state index is 12.5. The van der Waals surface area contributed by atoms with E-state index in [0.717, 1.165) is 44.2 Å². The predicted molar refractivity (Wildman–Crippen MR) is 109 cm³/mol. The fourth-order valence-electron chi connectivity index (χ4n) is 3.16. The van der Waals surface area contributed by atoms with Crippen molar-refractivity contribution in [3.8, 4) is 5.75 Å². The van der Waals surface area contributed by atoms with Crippen molar-refractivity contribution >= 4 is 23.2 Å². The van der Waals surface area contributed by atoms with Gasteiger partial charge in [0.2, 0.25) is 5.91 Å². The van der Waals surface area contributed by atoms with E-state index in [9.17, 15) is 4.79 Å². The smallest absolute Gasteiger partial charge is 0.241 e. The number of nitrogens with zero attached hydrogens (tertiary/aromatic N) is 2. The zero-order chi connectivity index (χ0) is 19.1. The van der Waals surface area contributed by atoms with Crippen LogP contribution in [0.4, 0.5) is 5.69 Å². The van der Waals surface area contributed by atoms with Gasteiger partial charge in [0.25, 0.3) is 0 Å². The number of anilines is 1. The Balaban J connectivity index is 1.39. The van der Waals surface area contributed by atoms with Crippen molar-refractivity contribution in [2.24, 2.45) is 0 Å². The molecule has 0 saturated carbocycles. The standard InChI is InChI=1S/C21H26ClN3O2/c1-17(21(26)23-19-7-5-6-18(22)16-19)25-12-10-24(11-13-25)14-15-27-20-8-3-2-4-9-20/h2-9,16-17H,10-15H2,1H3,(H,23,26)/t17-/m0/s1. The van der Waals surface area contributed by atoms with Gasteiger partial charge in [0.15, 0.2) is 0 Å². The number of hydrogen-bond donors (Lipinski definition) is 1. The second kappa shape index (κ2) is 9.74. The first-order valence-electron chi connectivity index (χ1n) is 9.32. The Kier molecular flexibility index (Phi) is 7.10. The average molecular weight is 388 g/mol. The lowest BCUT2D eigenvalue weighted by Gasteiger charge is -2.37. The molecule has 0 radical (unpaired) electrons. The van der Waals surface area contributed by atoms with Crippen molar-refractivity contribution in [2.75, 3.05) is 44.6 Å². The van der Waals surface area contributed by atoms with Gasteiger partial charge in [0, 0.05) is 43.4 Å². The normalized spacial score (nSPS) is 16.7. The van der Waals surface area contributed by atoms with Crippen molar-refractivity contribution < 1.29 is 9.53 Å². The first-order chi connectivity index (χ1) is 13.1. The van der Waals surface area contributed by atoms with Gasteiger partial charge in [-0.2, -0.15) is 0 Å². The second-order valence-corrected chi connectivity index (χ2v) is 7.15. The van der Waals surface area contributed by atoms with E-state index < -0.39 is 0 Å². The predicted octanol–water partition coefficient (Wildman–Crippen LogP) is 3.36. The van der Waals surface area contributed by atoms with Gasteiger partial charge in [-0.1, -0.05) is 35.9 Å². The Morgan fingerprint density at radius 1 is 1.11 bits per heavy atom. The van der Waals surface area contributed by atoms with Crippen molar-refractivity contribution in [1.29, 1.82) is 0 Å². The molecule has 3 rings (SSSR count). The van der Waals surface area contributed by atoms with Crippen molar-refractivity contribution in [3.63, 3.8) is 0 Å². The van der Waals surface area contributed by atoms with E-state index in [1.165, 1.54) is 0 Å². The maximum atomic E-state index is 12.5. The molecule has 2 aromatic rings. The lowest BCUT2D eigenvalue weighted by molar-refractivity contribution is -0.121. The van der Waals surface area contributed by atoms with Gasteiger partial charge < -0.3 is 10.1 Å². The first kappa shape index (κ1) is 19.7. The minimum absolute atomic E-state index is 0.00173. The molecule has 2 aromatic carbocycles. The molecule has 144 valence electrons. The number of carbonyl (C=O) groups is 1. The molecule has 1 amide bonds. The average Bonchev–Trinajstić information content (AvgIpc) is 2.69. The molecule has 0 aromatic heterocycles. The second-order valence-electron chi connectivity index (χ2n) is 6.71. The molecule has 6 heteroatoms. The van der Waals surface area contributed by atoms with E-state index >= 15 is 0 Å². The number of ether oxygens (including phenoxy) is 1. The van der Waals surface area contributed by atoms with Crippen molar-refractivity contribution in [3.05, 3.63) is 59.6 Å². The molecule has 1 atom stereocenters. The van der Waals surface area contributed by atoms with Gasteiger partial charge in [-0.3, -0.25) is 14.6 Å². The lowest BCUT2D eigenvalue weighted by atomic mass is 10.2. The number of piperazine rings is 1. The van der Waals surface area contributed by atoms with Crippen LogP contribution in [0.3, 0.4) is 0 Å². The summed E-state index contributed by atoms with van der Waals surface area (Å²) in [5, 5.41) is 3.56. The third-order valence-corrected chi connectivity index (χ3v) is 5.08. The third kappa shape index (κ3) is 5.96. The Hall–Kier alpha value is -2.08. The van der Waals surface area contributed by atoms with E-state index in [2.05, 4.69) is 15.1 Å². The van der Waals surface area contributed by atoms with Crippen LogP contribution >= 0.6 is 11.6 Å². The number of halogens is 1. The maximum Gasteiger partial charge on any atom is 0.241 e. The van der Waals surface area contributed by atoms with Gasteiger partial charge in [-0.05, 0) is 37.3 Å². The summed E-state index contributed by atoms with van der Waals surface area (Å²) in [6, 6.07) is 16.9. The number of nitrogens with one attached hydrogen (secondary N) is 1. The van der Waals surface area contributed by atoms with Crippen LogP contribution in [-0.4, -0.2) is 61.1 Å². The molecular formula is C21H26ClN3O2. The monoisotopic (exact) mass is 387 g/mol. The molecule has 0 unspecified atom stereocenters. The summed E-state index contributed by atoms with van der Waals surface area (Å²) in [5.41, 5.74) is 0.732. The van der Waals surface area contributed by atoms with Gasteiger partial charge >= 0.3 is 0 Å². The number of amides is 1. The first-order valence-corrected chi connectivity index (χ1v) is 9.70. The molecule has 1 aliphatic rings. The minimum Gasteiger partial charge on any atom is -0.492 e. The summed E-state index contributed by atoms with van der Waals surface area (Å²) in [7, 11) is 0. The number of rotatable bonds is 7. The third-order valence-electron chi connectivity index (χ3n) is 4.85. The van der Waals surface area contributed by atoms with Crippen LogP contribution in [0, 0.1) is 0 Å². The van der Waals surface area contributed by atoms with Crippen molar-refractivity contribution in [1.82, 2.24) is 9.80 Å². The fraction of sp³-hybridized carbons (Fsp3) is 0.381. The summed E-state index contributed by atoms with van der Waals surface area (Å²) >= 11 is 5.98. The zero-order valence-electron chi connectivity index (χ0n) is 15.6. The van der Waals surface area contributed by atoms with E-state index in [-0.39, 0.29) is 11.9 Å². The van der Waals surface area contributed by atoms with Gasteiger partial charge in [-0.25, -0.2) is 0 Å². The molecular weight excluding hydrogens is 362 g/mol. The van der Waals surface area contributed by atoms with Crippen LogP contribution < -0.4 is 10.1 Å². The topological polar surface area (TPSA) is 44.8 Å². The Morgan fingerprint density at radius 3 is 2.56 bits per heavy atom. The highest BCUT2D eigenvalue weighted by molar-refractivity contribution is 6.30. The van der Waals surface area contributed by atoms with Crippen LogP contribution in [-0.2, 0) is 4.79 Å². The van der Waals surface area contributed by atoms with Gasteiger partial charge in [-0.15, -0.1) is 0 Å². The minimum atomic E-state index is -0.174. The Labute approximate surface area is 165 Å². The number of para-hydroxylation sites is 1. The van der Waals surface area contributed by atoms with Crippen molar-refractivity contribution in [2.45, 2.75) is 13.0 Å². The molecule has 1 saturated heterocycles. The molecule has 27 heavy (non-hydrogen) atoms. The van der Waals surface area contributed by atoms with E-state index in [0.29, 0.717) is 11.6 Å². The summed E-state index contributed by atoms with van der Waals surface area (Å²) < 4.78 is 5.77. The molecule has 1 fully saturated rings. The highest BCUT2D eigenvalue weighted by Crippen LogP contribution is 2.16. The van der Waals surface area contributed by atoms with E-state index in [4.69, 9.17) is 16.3 Å². The van der Waals surface area contributed by atoms with Crippen LogP contribution in [0.25, 0.3) is 0 Å². The molecule has 0 aliphatic carbocycles. The molecule has 1 N–H and O–H groups in total. The van der Waals surface area contributed by atoms with Crippen LogP contribution in [0.1, 0.15) is 6.92 Å². The number of benzene rings is 2. The quantitative estimate of drug-likeness (QED) is 0.791.